The Morgan fingerprint density at radius 3 is 2.50 bits per heavy atom. The number of carbonyl (C=O) groups is 1. The molecule has 8 nitrogen and oxygen atoms in total. The molecule has 0 radical (unpaired) electrons. The van der Waals surface area contributed by atoms with E-state index in [0.29, 0.717) is 0 Å². The molecule has 90 valence electrons. The van der Waals surface area contributed by atoms with E-state index in [-0.39, 0.29) is 16.5 Å². The van der Waals surface area contributed by atoms with Gasteiger partial charge in [-0.25, -0.2) is 13.1 Å². The van der Waals surface area contributed by atoms with Gasteiger partial charge in [-0.2, -0.15) is 5.10 Å². The lowest BCUT2D eigenvalue weighted by molar-refractivity contribution is -0.137. The number of hydrogen-bond donors (Lipinski definition) is 3. The summed E-state index contributed by atoms with van der Waals surface area (Å²) < 4.78 is 23.7. The zero-order valence-corrected chi connectivity index (χ0v) is 9.58. The first-order valence-electron chi connectivity index (χ1n) is 4.23. The molecule has 1 aromatic heterocycles. The molecule has 0 amide bonds. The van der Waals surface area contributed by atoms with Gasteiger partial charge in [-0.15, -0.1) is 0 Å². The Hall–Kier alpha value is -1.77. The molecule has 0 fully saturated rings. The van der Waals surface area contributed by atoms with E-state index < -0.39 is 22.4 Å². The Kier molecular flexibility index (Phi) is 3.08. The molecule has 0 saturated carbocycles. The minimum absolute atomic E-state index is 0.0428. The van der Waals surface area contributed by atoms with Crippen LogP contribution in [-0.4, -0.2) is 42.6 Å². The molecule has 0 aliphatic carbocycles. The molecule has 0 unspecified atom stereocenters. The summed E-state index contributed by atoms with van der Waals surface area (Å²) in [7, 11) is -2.08. The maximum absolute atomic E-state index is 11.4. The second-order valence-corrected chi connectivity index (χ2v) is 5.09. The summed E-state index contributed by atoms with van der Waals surface area (Å²) in [5.41, 5.74) is 5.53. The van der Waals surface area contributed by atoms with Gasteiger partial charge < -0.3 is 16.2 Å². The average molecular weight is 248 g/mol. The predicted molar refractivity (Wildman–Crippen MR) is 56.9 cm³/mol. The molecule has 0 saturated heterocycles. The standard InChI is InChI=1S/C7H12N4O4S/c1-9-7-5(16(2,14)15)6(8)11(10-7)3-4(12)13/h3,8H2,1-2H3,(H,9,10)(H,12,13). The maximum atomic E-state index is 11.4. The van der Waals surface area contributed by atoms with Crippen molar-refractivity contribution in [3.05, 3.63) is 0 Å². The lowest BCUT2D eigenvalue weighted by Crippen LogP contribution is -2.13. The number of nitrogen functional groups attached to an aromatic ring is 1. The molecule has 1 rings (SSSR count). The van der Waals surface area contributed by atoms with E-state index in [0.717, 1.165) is 10.9 Å². The zero-order chi connectivity index (χ0) is 12.5. The van der Waals surface area contributed by atoms with Gasteiger partial charge in [-0.05, 0) is 0 Å². The molecule has 0 atom stereocenters. The Bertz CT molecular complexity index is 519. The highest BCUT2D eigenvalue weighted by Crippen LogP contribution is 2.26. The lowest BCUT2D eigenvalue weighted by Gasteiger charge is -2.00. The molecule has 4 N–H and O–H groups in total. The summed E-state index contributed by atoms with van der Waals surface area (Å²) in [5.74, 6) is -1.30. The largest absolute Gasteiger partial charge is 0.480 e. The van der Waals surface area contributed by atoms with Gasteiger partial charge in [0, 0.05) is 13.3 Å². The molecule has 0 bridgehead atoms. The monoisotopic (exact) mass is 248 g/mol. The van der Waals surface area contributed by atoms with Crippen LogP contribution >= 0.6 is 0 Å². The Balaban J connectivity index is 3.38. The highest BCUT2D eigenvalue weighted by molar-refractivity contribution is 7.91. The van der Waals surface area contributed by atoms with Crippen LogP contribution in [0.1, 0.15) is 0 Å². The van der Waals surface area contributed by atoms with Crippen molar-refractivity contribution in [2.45, 2.75) is 11.4 Å². The number of rotatable bonds is 4. The minimum Gasteiger partial charge on any atom is -0.480 e. The zero-order valence-electron chi connectivity index (χ0n) is 8.76. The van der Waals surface area contributed by atoms with Gasteiger partial charge >= 0.3 is 5.97 Å². The number of nitrogens with zero attached hydrogens (tertiary/aromatic N) is 2. The number of aromatic nitrogens is 2. The molecular formula is C7H12N4O4S. The van der Waals surface area contributed by atoms with Gasteiger partial charge in [-0.3, -0.25) is 4.79 Å². The number of nitrogens with one attached hydrogen (secondary N) is 1. The summed E-state index contributed by atoms with van der Waals surface area (Å²) in [6.45, 7) is -0.490. The SMILES string of the molecule is CNc1nn(CC(=O)O)c(N)c1S(C)(=O)=O. The lowest BCUT2D eigenvalue weighted by atomic mass is 10.5. The molecule has 0 aliphatic rings. The molecular weight excluding hydrogens is 236 g/mol. The third kappa shape index (κ3) is 2.24. The van der Waals surface area contributed by atoms with E-state index in [2.05, 4.69) is 10.4 Å². The maximum Gasteiger partial charge on any atom is 0.325 e. The fourth-order valence-electron chi connectivity index (χ4n) is 1.24. The minimum atomic E-state index is -3.55. The van der Waals surface area contributed by atoms with Crippen LogP contribution in [0.25, 0.3) is 0 Å². The first-order chi connectivity index (χ1) is 7.27. The third-order valence-corrected chi connectivity index (χ3v) is 2.98. The number of sulfone groups is 1. The van der Waals surface area contributed by atoms with Crippen molar-refractivity contribution in [2.24, 2.45) is 0 Å². The third-order valence-electron chi connectivity index (χ3n) is 1.84. The average Bonchev–Trinajstić information content (AvgIpc) is 2.41. The summed E-state index contributed by atoms with van der Waals surface area (Å²) >= 11 is 0. The van der Waals surface area contributed by atoms with Crippen LogP contribution in [-0.2, 0) is 21.2 Å². The number of anilines is 2. The van der Waals surface area contributed by atoms with Gasteiger partial charge in [0.25, 0.3) is 0 Å². The van der Waals surface area contributed by atoms with E-state index in [1.54, 1.807) is 0 Å². The summed E-state index contributed by atoms with van der Waals surface area (Å²) in [5, 5.41) is 14.9. The smallest absolute Gasteiger partial charge is 0.325 e. The van der Waals surface area contributed by atoms with Crippen LogP contribution in [0.2, 0.25) is 0 Å². The number of aliphatic carboxylic acids is 1. The Morgan fingerprint density at radius 1 is 1.62 bits per heavy atom. The summed E-state index contributed by atoms with van der Waals surface area (Å²) in [6, 6.07) is 0. The fourth-order valence-corrected chi connectivity index (χ4v) is 2.22. The molecule has 1 aromatic rings. The van der Waals surface area contributed by atoms with Crippen LogP contribution < -0.4 is 11.1 Å². The van der Waals surface area contributed by atoms with Gasteiger partial charge in [0.2, 0.25) is 0 Å². The van der Waals surface area contributed by atoms with Crippen LogP contribution in [0.3, 0.4) is 0 Å². The van der Waals surface area contributed by atoms with E-state index in [1.165, 1.54) is 7.05 Å². The summed E-state index contributed by atoms with van der Waals surface area (Å²) in [4.78, 5) is 10.3. The van der Waals surface area contributed by atoms with Crippen LogP contribution in [0, 0.1) is 0 Å². The van der Waals surface area contributed by atoms with Gasteiger partial charge in [0.05, 0.1) is 0 Å². The molecule has 16 heavy (non-hydrogen) atoms. The van der Waals surface area contributed by atoms with E-state index in [9.17, 15) is 13.2 Å². The van der Waals surface area contributed by atoms with E-state index in [1.807, 2.05) is 0 Å². The fraction of sp³-hybridized carbons (Fsp3) is 0.429. The predicted octanol–water partition coefficient (Wildman–Crippen LogP) is -1.00. The quantitative estimate of drug-likeness (QED) is 0.623. The van der Waals surface area contributed by atoms with E-state index in [4.69, 9.17) is 10.8 Å². The van der Waals surface area contributed by atoms with Crippen molar-refractivity contribution in [3.63, 3.8) is 0 Å². The van der Waals surface area contributed by atoms with Crippen LogP contribution in [0.5, 0.6) is 0 Å². The Labute approximate surface area is 92.0 Å². The van der Waals surface area contributed by atoms with Crippen molar-refractivity contribution in [1.29, 1.82) is 0 Å². The topological polar surface area (TPSA) is 127 Å². The van der Waals surface area contributed by atoms with Gasteiger partial charge in [0.15, 0.2) is 20.6 Å². The normalized spacial score (nSPS) is 11.4. The van der Waals surface area contributed by atoms with Gasteiger partial charge in [-0.1, -0.05) is 0 Å². The van der Waals surface area contributed by atoms with Crippen molar-refractivity contribution in [2.75, 3.05) is 24.4 Å². The number of carboxylic acid groups (broad SMARTS) is 1. The second-order valence-electron chi connectivity index (χ2n) is 3.14. The Morgan fingerprint density at radius 2 is 2.19 bits per heavy atom. The number of nitrogens with two attached hydrogens (primary N) is 1. The molecule has 1 heterocycles. The van der Waals surface area contributed by atoms with Crippen LogP contribution in [0.4, 0.5) is 11.6 Å². The van der Waals surface area contributed by atoms with Crippen molar-refractivity contribution in [3.8, 4) is 0 Å². The molecule has 0 spiro atoms. The first kappa shape index (κ1) is 12.3. The first-order valence-corrected chi connectivity index (χ1v) is 6.12. The van der Waals surface area contributed by atoms with E-state index >= 15 is 0 Å². The molecule has 0 aromatic carbocycles. The molecule has 0 aliphatic heterocycles. The molecule has 9 heteroatoms. The number of hydrogen-bond acceptors (Lipinski definition) is 6. The van der Waals surface area contributed by atoms with Crippen molar-refractivity contribution < 1.29 is 18.3 Å². The van der Waals surface area contributed by atoms with Gasteiger partial charge in [0.1, 0.15) is 12.4 Å². The highest BCUT2D eigenvalue weighted by atomic mass is 32.2. The van der Waals surface area contributed by atoms with Crippen molar-refractivity contribution >= 4 is 27.4 Å². The van der Waals surface area contributed by atoms with Crippen molar-refractivity contribution in [1.82, 2.24) is 9.78 Å². The summed E-state index contributed by atoms with van der Waals surface area (Å²) in [6.07, 6.45) is 0.978. The number of carboxylic acids is 1. The highest BCUT2D eigenvalue weighted by Gasteiger charge is 2.24. The second kappa shape index (κ2) is 4.00. The van der Waals surface area contributed by atoms with Crippen LogP contribution in [0.15, 0.2) is 4.90 Å².